The van der Waals surface area contributed by atoms with E-state index >= 15 is 0 Å². The lowest BCUT2D eigenvalue weighted by molar-refractivity contribution is 0.0977. The Bertz CT molecular complexity index is 500. The largest absolute Gasteiger partial charge is 0.493 e. The van der Waals surface area contributed by atoms with Gasteiger partial charge in [-0.05, 0) is 31.2 Å². The highest BCUT2D eigenvalue weighted by atomic mass is 16.5. The minimum Gasteiger partial charge on any atom is -0.493 e. The minimum atomic E-state index is 0.0791. The molecule has 0 fully saturated rings. The van der Waals surface area contributed by atoms with Crippen LogP contribution in [0.25, 0.3) is 0 Å². The number of rotatable bonds is 6. The van der Waals surface area contributed by atoms with Gasteiger partial charge in [0.25, 0.3) is 0 Å². The van der Waals surface area contributed by atoms with Crippen LogP contribution in [0.3, 0.4) is 0 Å². The van der Waals surface area contributed by atoms with Gasteiger partial charge in [-0.1, -0.05) is 12.1 Å². The van der Waals surface area contributed by atoms with E-state index in [1.165, 1.54) is 0 Å². The molecule has 0 spiro atoms. The van der Waals surface area contributed by atoms with Gasteiger partial charge in [0.05, 0.1) is 18.4 Å². The van der Waals surface area contributed by atoms with Gasteiger partial charge in [-0.15, -0.1) is 0 Å². The average molecular weight is 244 g/mol. The number of carbonyl (C=O) groups excluding carboxylic acids is 1. The third-order valence-electron chi connectivity index (χ3n) is 2.67. The van der Waals surface area contributed by atoms with Gasteiger partial charge in [-0.3, -0.25) is 4.79 Å². The number of benzene rings is 1. The third-order valence-corrected chi connectivity index (χ3v) is 2.67. The van der Waals surface area contributed by atoms with E-state index < -0.39 is 0 Å². The van der Waals surface area contributed by atoms with E-state index in [0.29, 0.717) is 30.8 Å². The van der Waals surface area contributed by atoms with Crippen LogP contribution < -0.4 is 4.74 Å². The van der Waals surface area contributed by atoms with Crippen molar-refractivity contribution in [3.63, 3.8) is 0 Å². The number of ether oxygens (including phenoxy) is 1. The molecule has 94 valence electrons. The quantitative estimate of drug-likeness (QED) is 0.730. The second-order valence-corrected chi connectivity index (χ2v) is 3.93. The Morgan fingerprint density at radius 1 is 1.22 bits per heavy atom. The monoisotopic (exact) mass is 244 g/mol. The second kappa shape index (κ2) is 6.05. The highest BCUT2D eigenvalue weighted by molar-refractivity contribution is 5.98. The number of ketones is 1. The summed E-state index contributed by atoms with van der Waals surface area (Å²) in [4.78, 5) is 12.1. The van der Waals surface area contributed by atoms with Crippen molar-refractivity contribution in [2.75, 3.05) is 6.61 Å². The lowest BCUT2D eigenvalue weighted by Crippen LogP contribution is -2.04. The predicted octanol–water partition coefficient (Wildman–Crippen LogP) is 3.49. The molecule has 0 N–H and O–H groups in total. The zero-order valence-corrected chi connectivity index (χ0v) is 10.4. The van der Waals surface area contributed by atoms with Crippen LogP contribution in [0.5, 0.6) is 5.75 Å². The van der Waals surface area contributed by atoms with E-state index in [1.807, 2.05) is 37.3 Å². The molecule has 0 radical (unpaired) electrons. The molecule has 18 heavy (non-hydrogen) atoms. The molecule has 0 saturated heterocycles. The molecule has 0 aliphatic heterocycles. The third kappa shape index (κ3) is 3.00. The number of para-hydroxylation sites is 1. The van der Waals surface area contributed by atoms with E-state index in [0.717, 1.165) is 5.76 Å². The smallest absolute Gasteiger partial charge is 0.167 e. The first-order valence-corrected chi connectivity index (χ1v) is 6.08. The molecular formula is C15H16O3. The number of hydrogen-bond acceptors (Lipinski definition) is 3. The van der Waals surface area contributed by atoms with Crippen LogP contribution in [0.1, 0.15) is 29.5 Å². The Kier molecular flexibility index (Phi) is 4.18. The molecule has 0 atom stereocenters. The molecule has 2 rings (SSSR count). The molecular weight excluding hydrogens is 228 g/mol. The molecule has 0 bridgehead atoms. The van der Waals surface area contributed by atoms with Crippen LogP contribution >= 0.6 is 0 Å². The SMILES string of the molecule is CCOc1ccccc1C(=O)CCc1ccco1. The lowest BCUT2D eigenvalue weighted by Gasteiger charge is -2.08. The molecule has 3 nitrogen and oxygen atoms in total. The Morgan fingerprint density at radius 3 is 2.78 bits per heavy atom. The van der Waals surface area contributed by atoms with Crippen molar-refractivity contribution in [3.05, 3.63) is 54.0 Å². The van der Waals surface area contributed by atoms with Crippen molar-refractivity contribution < 1.29 is 13.9 Å². The number of furan rings is 1. The highest BCUT2D eigenvalue weighted by Gasteiger charge is 2.12. The van der Waals surface area contributed by atoms with Crippen molar-refractivity contribution >= 4 is 5.78 Å². The summed E-state index contributed by atoms with van der Waals surface area (Å²) in [5.41, 5.74) is 0.644. The van der Waals surface area contributed by atoms with Gasteiger partial charge >= 0.3 is 0 Å². The van der Waals surface area contributed by atoms with Crippen molar-refractivity contribution in [1.29, 1.82) is 0 Å². The van der Waals surface area contributed by atoms with Crippen LogP contribution in [0.15, 0.2) is 47.1 Å². The van der Waals surface area contributed by atoms with Crippen LogP contribution in [0, 0.1) is 0 Å². The van der Waals surface area contributed by atoms with Crippen LogP contribution in [-0.4, -0.2) is 12.4 Å². The summed E-state index contributed by atoms with van der Waals surface area (Å²) < 4.78 is 10.7. The first-order valence-electron chi connectivity index (χ1n) is 6.08. The fraction of sp³-hybridized carbons (Fsp3) is 0.267. The first-order chi connectivity index (χ1) is 8.81. The van der Waals surface area contributed by atoms with Gasteiger partial charge in [0.2, 0.25) is 0 Å². The van der Waals surface area contributed by atoms with Gasteiger partial charge in [-0.25, -0.2) is 0 Å². The number of hydrogen-bond donors (Lipinski definition) is 0. The predicted molar refractivity (Wildman–Crippen MR) is 69.0 cm³/mol. The molecule has 1 aromatic carbocycles. The van der Waals surface area contributed by atoms with E-state index in [9.17, 15) is 4.79 Å². The number of carbonyl (C=O) groups is 1. The zero-order valence-electron chi connectivity index (χ0n) is 10.4. The molecule has 3 heteroatoms. The van der Waals surface area contributed by atoms with Gasteiger partial charge in [0.15, 0.2) is 5.78 Å². The lowest BCUT2D eigenvalue weighted by atomic mass is 10.0. The standard InChI is InChI=1S/C15H16O3/c1-2-17-15-8-4-3-7-13(15)14(16)10-9-12-6-5-11-18-12/h3-8,11H,2,9-10H2,1H3. The maximum Gasteiger partial charge on any atom is 0.167 e. The molecule has 0 amide bonds. The van der Waals surface area contributed by atoms with Gasteiger partial charge in [0.1, 0.15) is 11.5 Å². The van der Waals surface area contributed by atoms with E-state index in [4.69, 9.17) is 9.15 Å². The molecule has 0 aliphatic carbocycles. The minimum absolute atomic E-state index is 0.0791. The maximum atomic E-state index is 12.1. The number of aryl methyl sites for hydroxylation is 1. The maximum absolute atomic E-state index is 12.1. The summed E-state index contributed by atoms with van der Waals surface area (Å²) in [5.74, 6) is 1.57. The van der Waals surface area contributed by atoms with E-state index in [1.54, 1.807) is 12.3 Å². The van der Waals surface area contributed by atoms with Crippen molar-refractivity contribution in [2.24, 2.45) is 0 Å². The molecule has 0 saturated carbocycles. The summed E-state index contributed by atoms with van der Waals surface area (Å²) in [6.45, 7) is 2.46. The van der Waals surface area contributed by atoms with Crippen molar-refractivity contribution in [3.8, 4) is 5.75 Å². The van der Waals surface area contributed by atoms with Crippen molar-refractivity contribution in [1.82, 2.24) is 0 Å². The van der Waals surface area contributed by atoms with E-state index in [2.05, 4.69) is 0 Å². The summed E-state index contributed by atoms with van der Waals surface area (Å²) in [5, 5.41) is 0. The molecule has 0 unspecified atom stereocenters. The first kappa shape index (κ1) is 12.4. The second-order valence-electron chi connectivity index (χ2n) is 3.93. The molecule has 1 aromatic heterocycles. The average Bonchev–Trinajstić information content (AvgIpc) is 2.90. The Morgan fingerprint density at radius 2 is 2.06 bits per heavy atom. The molecule has 0 aliphatic rings. The van der Waals surface area contributed by atoms with Gasteiger partial charge in [0, 0.05) is 12.8 Å². The summed E-state index contributed by atoms with van der Waals surface area (Å²) in [7, 11) is 0. The zero-order chi connectivity index (χ0) is 12.8. The Hall–Kier alpha value is -2.03. The van der Waals surface area contributed by atoms with Gasteiger partial charge in [-0.2, -0.15) is 0 Å². The van der Waals surface area contributed by atoms with Crippen LogP contribution in [0.2, 0.25) is 0 Å². The summed E-state index contributed by atoms with van der Waals surface area (Å²) in [6, 6.07) is 11.0. The van der Waals surface area contributed by atoms with Crippen molar-refractivity contribution in [2.45, 2.75) is 19.8 Å². The topological polar surface area (TPSA) is 39.4 Å². The molecule has 1 heterocycles. The molecule has 2 aromatic rings. The normalized spacial score (nSPS) is 10.3. The van der Waals surface area contributed by atoms with Gasteiger partial charge < -0.3 is 9.15 Å². The number of Topliss-reactive ketones (excluding diaryl/α,β-unsaturated/α-hetero) is 1. The fourth-order valence-electron chi connectivity index (χ4n) is 1.80. The van der Waals surface area contributed by atoms with Crippen LogP contribution in [-0.2, 0) is 6.42 Å². The highest BCUT2D eigenvalue weighted by Crippen LogP contribution is 2.20. The van der Waals surface area contributed by atoms with E-state index in [-0.39, 0.29) is 5.78 Å². The summed E-state index contributed by atoms with van der Waals surface area (Å²) in [6.07, 6.45) is 2.66. The fourth-order valence-corrected chi connectivity index (χ4v) is 1.80. The Balaban J connectivity index is 2.04. The van der Waals surface area contributed by atoms with Crippen LogP contribution in [0.4, 0.5) is 0 Å². The Labute approximate surface area is 106 Å². The summed E-state index contributed by atoms with van der Waals surface area (Å²) >= 11 is 0.